The smallest absolute Gasteiger partial charge is 0.338 e. The standard InChI is InChI=1S/C25H25N5O4S.C21H25NO3/c1-25(2,3)12-27-21(31)13-4-6-15(17(10-13)23(33)34)20-16(8-9-35-20)22(32)28-14-5-7-18-19(11-14)30-24(26)29-18;1-15-10-11-17(19(23)22-14-21(2,3)4)12-18(15)20(24)25-13-16-8-6-5-7-9-16/h4-11H,12H2,1-3H3,(H,27,31)(H,28,32)(H,33,34)(H3,26,29,30);5-12H,13-14H2,1-4H3,(H,22,23). The second kappa shape index (κ2) is 18.9. The highest BCUT2D eigenvalue weighted by molar-refractivity contribution is 7.14. The molecule has 0 aliphatic carbocycles. The zero-order chi connectivity index (χ0) is 43.8. The van der Waals surface area contributed by atoms with E-state index in [1.807, 2.05) is 58.0 Å². The third kappa shape index (κ3) is 12.1. The SMILES string of the molecule is CC(C)(C)CNC(=O)c1ccc(-c2sccc2C(=O)Nc2ccc3nc(N)[nH]c3c2)c(C(=O)O)c1.Cc1ccc(C(=O)NCC(C)(C)C)cc1C(=O)OCc1ccccc1. The lowest BCUT2D eigenvalue weighted by atomic mass is 9.96. The highest BCUT2D eigenvalue weighted by Crippen LogP contribution is 2.34. The number of nitrogens with zero attached hydrogens (tertiary/aromatic N) is 1. The Balaban J connectivity index is 0.000000241. The molecule has 2 heterocycles. The number of fused-ring (bicyclic) bond motifs is 1. The lowest BCUT2D eigenvalue weighted by Crippen LogP contribution is -2.32. The molecule has 0 saturated carbocycles. The number of nitrogens with one attached hydrogen (secondary N) is 4. The lowest BCUT2D eigenvalue weighted by molar-refractivity contribution is 0.0471. The molecule has 14 heteroatoms. The Morgan fingerprint density at radius 1 is 0.750 bits per heavy atom. The second-order valence-corrected chi connectivity index (χ2v) is 17.5. The molecular formula is C46H50N6O7S. The number of thiophene rings is 1. The van der Waals surface area contributed by atoms with E-state index in [1.54, 1.807) is 60.0 Å². The third-order valence-electron chi connectivity index (χ3n) is 8.92. The first kappa shape index (κ1) is 44.3. The molecular weight excluding hydrogens is 781 g/mol. The molecule has 13 nitrogen and oxygen atoms in total. The fourth-order valence-electron chi connectivity index (χ4n) is 5.74. The van der Waals surface area contributed by atoms with E-state index in [1.165, 1.54) is 17.4 Å². The van der Waals surface area contributed by atoms with Crippen molar-refractivity contribution in [3.63, 3.8) is 0 Å². The Hall–Kier alpha value is -6.80. The van der Waals surface area contributed by atoms with Gasteiger partial charge in [0.2, 0.25) is 0 Å². The van der Waals surface area contributed by atoms with Crippen molar-refractivity contribution in [2.75, 3.05) is 24.1 Å². The first-order valence-electron chi connectivity index (χ1n) is 19.2. The van der Waals surface area contributed by atoms with Gasteiger partial charge in [0.25, 0.3) is 17.7 Å². The van der Waals surface area contributed by atoms with Crippen LogP contribution in [0.15, 0.2) is 96.4 Å². The summed E-state index contributed by atoms with van der Waals surface area (Å²) in [6, 6.07) is 25.9. The van der Waals surface area contributed by atoms with Gasteiger partial charge in [0, 0.05) is 40.3 Å². The first-order valence-corrected chi connectivity index (χ1v) is 20.1. The summed E-state index contributed by atoms with van der Waals surface area (Å²) in [5.41, 5.74) is 10.9. The van der Waals surface area contributed by atoms with Crippen LogP contribution in [0.2, 0.25) is 0 Å². The summed E-state index contributed by atoms with van der Waals surface area (Å²) >= 11 is 1.25. The average Bonchev–Trinajstić information content (AvgIpc) is 3.84. The number of carbonyl (C=O) groups is 5. The molecule has 0 unspecified atom stereocenters. The van der Waals surface area contributed by atoms with Crippen LogP contribution in [0.1, 0.15) is 104 Å². The molecule has 0 fully saturated rings. The molecule has 0 aliphatic rings. The minimum atomic E-state index is -1.19. The third-order valence-corrected chi connectivity index (χ3v) is 9.86. The molecule has 0 bridgehead atoms. The number of aromatic carboxylic acids is 1. The van der Waals surface area contributed by atoms with E-state index < -0.39 is 17.8 Å². The number of nitrogens with two attached hydrogens (primary N) is 1. The molecule has 7 N–H and O–H groups in total. The number of benzene rings is 4. The van der Waals surface area contributed by atoms with Crippen molar-refractivity contribution >= 4 is 63.7 Å². The summed E-state index contributed by atoms with van der Waals surface area (Å²) in [5.74, 6) is -2.27. The topological polar surface area (TPSA) is 206 Å². The van der Waals surface area contributed by atoms with Crippen molar-refractivity contribution in [3.8, 4) is 10.4 Å². The van der Waals surface area contributed by atoms with Gasteiger partial charge in [0.1, 0.15) is 6.61 Å². The van der Waals surface area contributed by atoms with Gasteiger partial charge in [-0.2, -0.15) is 0 Å². The maximum Gasteiger partial charge on any atom is 0.338 e. The predicted octanol–water partition coefficient (Wildman–Crippen LogP) is 8.73. The van der Waals surface area contributed by atoms with Crippen LogP contribution in [0.25, 0.3) is 21.5 Å². The fraction of sp³-hybridized carbons (Fsp3) is 0.261. The Morgan fingerprint density at radius 3 is 1.98 bits per heavy atom. The number of carboxylic acids is 1. The van der Waals surface area contributed by atoms with Gasteiger partial charge in [-0.3, -0.25) is 14.4 Å². The fourth-order valence-corrected chi connectivity index (χ4v) is 6.67. The molecule has 0 radical (unpaired) electrons. The van der Waals surface area contributed by atoms with Crippen molar-refractivity contribution < 1.29 is 33.8 Å². The van der Waals surface area contributed by atoms with E-state index in [-0.39, 0.29) is 46.3 Å². The maximum absolute atomic E-state index is 13.1. The highest BCUT2D eigenvalue weighted by atomic mass is 32.1. The number of rotatable bonds is 11. The van der Waals surface area contributed by atoms with E-state index in [2.05, 4.69) is 46.7 Å². The molecule has 2 aromatic heterocycles. The molecule has 312 valence electrons. The molecule has 3 amide bonds. The van der Waals surface area contributed by atoms with Crippen molar-refractivity contribution in [1.82, 2.24) is 20.6 Å². The van der Waals surface area contributed by atoms with Crippen LogP contribution >= 0.6 is 11.3 Å². The van der Waals surface area contributed by atoms with Crippen molar-refractivity contribution in [1.29, 1.82) is 0 Å². The van der Waals surface area contributed by atoms with Crippen molar-refractivity contribution in [2.45, 2.75) is 55.1 Å². The van der Waals surface area contributed by atoms with E-state index in [9.17, 15) is 29.1 Å². The number of carbonyl (C=O) groups excluding carboxylic acids is 4. The van der Waals surface area contributed by atoms with Crippen molar-refractivity contribution in [2.24, 2.45) is 10.8 Å². The Kier molecular flexibility index (Phi) is 13.9. The first-order chi connectivity index (χ1) is 28.3. The van der Waals surface area contributed by atoms with Crippen LogP contribution in [-0.4, -0.2) is 57.8 Å². The number of hydrogen-bond acceptors (Lipinski definition) is 9. The second-order valence-electron chi connectivity index (χ2n) is 16.6. The quantitative estimate of drug-likeness (QED) is 0.0690. The van der Waals surface area contributed by atoms with E-state index >= 15 is 0 Å². The van der Waals surface area contributed by atoms with Crippen LogP contribution in [0.5, 0.6) is 0 Å². The van der Waals surface area contributed by atoms with Gasteiger partial charge in [-0.25, -0.2) is 14.6 Å². The molecule has 4 aromatic carbocycles. The summed E-state index contributed by atoms with van der Waals surface area (Å²) in [5, 5.41) is 20.1. The van der Waals surface area contributed by atoms with Crippen LogP contribution in [-0.2, 0) is 11.3 Å². The van der Waals surface area contributed by atoms with Gasteiger partial charge < -0.3 is 36.5 Å². The van der Waals surface area contributed by atoms with Gasteiger partial charge in [0.15, 0.2) is 5.95 Å². The molecule has 0 atom stereocenters. The monoisotopic (exact) mass is 830 g/mol. The van der Waals surface area contributed by atoms with Gasteiger partial charge in [-0.15, -0.1) is 11.3 Å². The van der Waals surface area contributed by atoms with Gasteiger partial charge in [-0.1, -0.05) is 84.0 Å². The average molecular weight is 831 g/mol. The summed E-state index contributed by atoms with van der Waals surface area (Å²) in [7, 11) is 0. The number of aryl methyl sites for hydroxylation is 1. The maximum atomic E-state index is 13.1. The number of nitrogen functional groups attached to an aromatic ring is 1. The van der Waals surface area contributed by atoms with Crippen LogP contribution in [0.4, 0.5) is 11.6 Å². The number of ether oxygens (including phenoxy) is 1. The number of hydrogen-bond donors (Lipinski definition) is 6. The summed E-state index contributed by atoms with van der Waals surface area (Å²) in [6.07, 6.45) is 0. The van der Waals surface area contributed by atoms with Gasteiger partial charge >= 0.3 is 11.9 Å². The van der Waals surface area contributed by atoms with Gasteiger partial charge in [0.05, 0.1) is 27.7 Å². The minimum absolute atomic E-state index is 0.00218. The van der Waals surface area contributed by atoms with E-state index in [4.69, 9.17) is 10.5 Å². The van der Waals surface area contributed by atoms with Crippen LogP contribution in [0.3, 0.4) is 0 Å². The number of anilines is 2. The van der Waals surface area contributed by atoms with Crippen LogP contribution < -0.4 is 21.7 Å². The summed E-state index contributed by atoms with van der Waals surface area (Å²) in [4.78, 5) is 69.9. The number of aromatic amines is 1. The normalized spacial score (nSPS) is 11.2. The van der Waals surface area contributed by atoms with Crippen molar-refractivity contribution in [3.05, 3.63) is 135 Å². The number of imidazole rings is 1. The van der Waals surface area contributed by atoms with E-state index in [0.717, 1.165) is 11.1 Å². The number of amides is 3. The number of aromatic nitrogens is 2. The molecule has 6 rings (SSSR count). The minimum Gasteiger partial charge on any atom is -0.478 e. The van der Waals surface area contributed by atoms with Gasteiger partial charge in [-0.05, 0) is 82.8 Å². The number of esters is 1. The Labute approximate surface area is 352 Å². The summed E-state index contributed by atoms with van der Waals surface area (Å²) in [6.45, 7) is 15.2. The highest BCUT2D eigenvalue weighted by Gasteiger charge is 2.23. The summed E-state index contributed by atoms with van der Waals surface area (Å²) < 4.78 is 5.37. The molecule has 0 aliphatic heterocycles. The molecule has 0 spiro atoms. The van der Waals surface area contributed by atoms with Crippen LogP contribution in [0, 0.1) is 17.8 Å². The largest absolute Gasteiger partial charge is 0.478 e. The predicted molar refractivity (Wildman–Crippen MR) is 235 cm³/mol. The number of H-pyrrole nitrogens is 1. The molecule has 60 heavy (non-hydrogen) atoms. The molecule has 6 aromatic rings. The van der Waals surface area contributed by atoms with E-state index in [0.29, 0.717) is 56.9 Å². The number of carboxylic acid groups (broad SMARTS) is 1. The lowest BCUT2D eigenvalue weighted by Gasteiger charge is -2.19. The zero-order valence-corrected chi connectivity index (χ0v) is 35.5. The Bertz CT molecular complexity index is 2530. The molecule has 0 saturated heterocycles. The Morgan fingerprint density at radius 2 is 1.37 bits per heavy atom. The zero-order valence-electron chi connectivity index (χ0n) is 34.7.